The van der Waals surface area contributed by atoms with Crippen LogP contribution in [0, 0.1) is 6.92 Å². The van der Waals surface area contributed by atoms with Gasteiger partial charge >= 0.3 is 0 Å². The van der Waals surface area contributed by atoms with Gasteiger partial charge in [0.1, 0.15) is 11.6 Å². The first-order valence-electron chi connectivity index (χ1n) is 10.2. The highest BCUT2D eigenvalue weighted by Gasteiger charge is 2.24. The van der Waals surface area contributed by atoms with Crippen molar-refractivity contribution in [2.45, 2.75) is 40.0 Å². The summed E-state index contributed by atoms with van der Waals surface area (Å²) < 4.78 is 0. The van der Waals surface area contributed by atoms with Crippen LogP contribution in [0.25, 0.3) is 0 Å². The zero-order valence-corrected chi connectivity index (χ0v) is 17.6. The molecule has 1 aromatic heterocycles. The Bertz CT molecular complexity index is 889. The van der Waals surface area contributed by atoms with Crippen molar-refractivity contribution in [3.8, 4) is 0 Å². The summed E-state index contributed by atoms with van der Waals surface area (Å²) in [5.41, 5.74) is 2.20. The predicted molar refractivity (Wildman–Crippen MR) is 114 cm³/mol. The minimum absolute atomic E-state index is 0.0148. The van der Waals surface area contributed by atoms with E-state index in [4.69, 9.17) is 4.98 Å². The van der Waals surface area contributed by atoms with E-state index >= 15 is 0 Å². The van der Waals surface area contributed by atoms with Crippen LogP contribution in [0.2, 0.25) is 0 Å². The summed E-state index contributed by atoms with van der Waals surface area (Å²) in [4.78, 5) is 37.8. The molecule has 0 spiro atoms. The Balaban J connectivity index is 1.66. The Kier molecular flexibility index (Phi) is 6.46. The minimum Gasteiger partial charge on any atom is -0.353 e. The van der Waals surface area contributed by atoms with Gasteiger partial charge in [-0.15, -0.1) is 0 Å². The van der Waals surface area contributed by atoms with Gasteiger partial charge in [0.15, 0.2) is 0 Å². The van der Waals surface area contributed by atoms with Crippen molar-refractivity contribution in [3.05, 3.63) is 47.4 Å². The number of hydrogen-bond acceptors (Lipinski definition) is 5. The van der Waals surface area contributed by atoms with Crippen LogP contribution in [-0.4, -0.2) is 52.9 Å². The molecule has 2 aromatic rings. The molecule has 0 radical (unpaired) electrons. The van der Waals surface area contributed by atoms with Crippen molar-refractivity contribution in [1.82, 2.24) is 14.9 Å². The van der Waals surface area contributed by atoms with Crippen molar-refractivity contribution in [2.24, 2.45) is 0 Å². The molecular weight excluding hydrogens is 366 g/mol. The zero-order valence-electron chi connectivity index (χ0n) is 17.6. The SMILES string of the molecule is CCC(=O)Nc1cccc(C(=O)N2CCN(c3cc(C)nc(C(C)C)n3)CC2)c1. The van der Waals surface area contributed by atoms with E-state index in [-0.39, 0.29) is 17.7 Å². The molecule has 1 aliphatic heterocycles. The van der Waals surface area contributed by atoms with Crippen LogP contribution < -0.4 is 10.2 Å². The molecule has 0 aliphatic carbocycles. The average Bonchev–Trinajstić information content (AvgIpc) is 2.73. The zero-order chi connectivity index (χ0) is 21.0. The lowest BCUT2D eigenvalue weighted by atomic mass is 10.1. The summed E-state index contributed by atoms with van der Waals surface area (Å²) in [6.45, 7) is 10.7. The first kappa shape index (κ1) is 20.8. The van der Waals surface area contributed by atoms with E-state index in [1.165, 1.54) is 0 Å². The Morgan fingerprint density at radius 3 is 2.48 bits per heavy atom. The fourth-order valence-electron chi connectivity index (χ4n) is 3.30. The number of amides is 2. The maximum absolute atomic E-state index is 12.9. The highest BCUT2D eigenvalue weighted by Crippen LogP contribution is 2.20. The van der Waals surface area contributed by atoms with Crippen LogP contribution >= 0.6 is 0 Å². The molecule has 3 rings (SSSR count). The number of nitrogens with one attached hydrogen (secondary N) is 1. The van der Waals surface area contributed by atoms with Gasteiger partial charge in [-0.3, -0.25) is 9.59 Å². The van der Waals surface area contributed by atoms with E-state index in [2.05, 4.69) is 29.0 Å². The molecule has 0 unspecified atom stereocenters. The fraction of sp³-hybridized carbons (Fsp3) is 0.455. The molecular formula is C22H29N5O2. The maximum atomic E-state index is 12.9. The fourth-order valence-corrected chi connectivity index (χ4v) is 3.30. The summed E-state index contributed by atoms with van der Waals surface area (Å²) >= 11 is 0. The summed E-state index contributed by atoms with van der Waals surface area (Å²) in [5, 5.41) is 2.81. The molecule has 1 saturated heterocycles. The molecule has 0 atom stereocenters. The van der Waals surface area contributed by atoms with Crippen LogP contribution in [0.3, 0.4) is 0 Å². The standard InChI is InChI=1S/C22H29N5O2/c1-5-20(28)24-18-8-6-7-17(14-18)22(29)27-11-9-26(10-12-27)19-13-16(4)23-21(25-19)15(2)3/h6-8,13-15H,5,9-12H2,1-4H3,(H,24,28). The number of rotatable bonds is 5. The molecule has 2 heterocycles. The number of carbonyl (C=O) groups excluding carboxylic acids is 2. The van der Waals surface area contributed by atoms with Gasteiger partial charge in [0.05, 0.1) is 0 Å². The number of aryl methyl sites for hydroxylation is 1. The van der Waals surface area contributed by atoms with Gasteiger partial charge in [-0.2, -0.15) is 0 Å². The molecule has 7 heteroatoms. The van der Waals surface area contributed by atoms with Gasteiger partial charge in [0.25, 0.3) is 5.91 Å². The third kappa shape index (κ3) is 5.10. The van der Waals surface area contributed by atoms with Crippen LogP contribution in [0.1, 0.15) is 55.0 Å². The van der Waals surface area contributed by atoms with Crippen LogP contribution in [0.4, 0.5) is 11.5 Å². The van der Waals surface area contributed by atoms with E-state index in [0.29, 0.717) is 30.8 Å². The Labute approximate surface area is 172 Å². The van der Waals surface area contributed by atoms with Crippen LogP contribution in [-0.2, 0) is 4.79 Å². The predicted octanol–water partition coefficient (Wildman–Crippen LogP) is 3.22. The van der Waals surface area contributed by atoms with Crippen molar-refractivity contribution >= 4 is 23.3 Å². The summed E-state index contributed by atoms with van der Waals surface area (Å²) in [6.07, 6.45) is 0.404. The molecule has 0 bridgehead atoms. The molecule has 1 fully saturated rings. The number of benzene rings is 1. The average molecular weight is 396 g/mol. The second-order valence-corrected chi connectivity index (χ2v) is 7.64. The minimum atomic E-state index is -0.0656. The first-order chi connectivity index (χ1) is 13.9. The number of nitrogens with zero attached hydrogens (tertiary/aromatic N) is 4. The first-order valence-corrected chi connectivity index (χ1v) is 10.2. The molecule has 7 nitrogen and oxygen atoms in total. The topological polar surface area (TPSA) is 78.4 Å². The second-order valence-electron chi connectivity index (χ2n) is 7.64. The molecule has 2 amide bonds. The summed E-state index contributed by atoms with van der Waals surface area (Å²) in [6, 6.07) is 9.13. The van der Waals surface area contributed by atoms with E-state index in [9.17, 15) is 9.59 Å². The smallest absolute Gasteiger partial charge is 0.254 e. The van der Waals surface area contributed by atoms with Crippen LogP contribution in [0.15, 0.2) is 30.3 Å². The summed E-state index contributed by atoms with van der Waals surface area (Å²) in [5.74, 6) is 1.97. The maximum Gasteiger partial charge on any atom is 0.254 e. The number of hydrogen-bond donors (Lipinski definition) is 1. The second kappa shape index (κ2) is 9.03. The summed E-state index contributed by atoms with van der Waals surface area (Å²) in [7, 11) is 0. The van der Waals surface area contributed by atoms with Gasteiger partial charge in [-0.1, -0.05) is 26.8 Å². The number of piperazine rings is 1. The number of aromatic nitrogens is 2. The van der Waals surface area contributed by atoms with Crippen molar-refractivity contribution in [2.75, 3.05) is 36.4 Å². The lowest BCUT2D eigenvalue weighted by Crippen LogP contribution is -2.49. The molecule has 1 aromatic carbocycles. The molecule has 1 aliphatic rings. The lowest BCUT2D eigenvalue weighted by molar-refractivity contribution is -0.115. The third-order valence-electron chi connectivity index (χ3n) is 4.98. The van der Waals surface area contributed by atoms with Gasteiger partial charge < -0.3 is 15.1 Å². The molecule has 0 saturated carbocycles. The quantitative estimate of drug-likeness (QED) is 0.841. The van der Waals surface area contributed by atoms with Crippen molar-refractivity contribution < 1.29 is 9.59 Å². The number of carbonyl (C=O) groups is 2. The van der Waals surface area contributed by atoms with E-state index in [0.717, 1.165) is 30.4 Å². The van der Waals surface area contributed by atoms with E-state index < -0.39 is 0 Å². The molecule has 154 valence electrons. The van der Waals surface area contributed by atoms with E-state index in [1.807, 2.05) is 17.9 Å². The number of anilines is 2. The normalized spacial score (nSPS) is 14.2. The van der Waals surface area contributed by atoms with E-state index in [1.54, 1.807) is 31.2 Å². The Morgan fingerprint density at radius 1 is 1.10 bits per heavy atom. The van der Waals surface area contributed by atoms with Gasteiger partial charge in [0, 0.05) is 61.5 Å². The Morgan fingerprint density at radius 2 is 1.83 bits per heavy atom. The van der Waals surface area contributed by atoms with Crippen LogP contribution in [0.5, 0.6) is 0 Å². The van der Waals surface area contributed by atoms with Crippen molar-refractivity contribution in [1.29, 1.82) is 0 Å². The third-order valence-corrected chi connectivity index (χ3v) is 4.98. The van der Waals surface area contributed by atoms with Gasteiger partial charge in [0.2, 0.25) is 5.91 Å². The molecule has 1 N–H and O–H groups in total. The highest BCUT2D eigenvalue weighted by atomic mass is 16.2. The van der Waals surface area contributed by atoms with Crippen molar-refractivity contribution in [3.63, 3.8) is 0 Å². The highest BCUT2D eigenvalue weighted by molar-refractivity contribution is 5.97. The van der Waals surface area contributed by atoms with Gasteiger partial charge in [-0.05, 0) is 25.1 Å². The Hall–Kier alpha value is -2.96. The monoisotopic (exact) mass is 395 g/mol. The lowest BCUT2D eigenvalue weighted by Gasteiger charge is -2.35. The van der Waals surface area contributed by atoms with Gasteiger partial charge in [-0.25, -0.2) is 9.97 Å². The molecule has 29 heavy (non-hydrogen) atoms. The largest absolute Gasteiger partial charge is 0.353 e.